The van der Waals surface area contributed by atoms with Gasteiger partial charge < -0.3 is 9.73 Å². The third-order valence-corrected chi connectivity index (χ3v) is 3.81. The summed E-state index contributed by atoms with van der Waals surface area (Å²) < 4.78 is 5.82. The lowest BCUT2D eigenvalue weighted by Crippen LogP contribution is -2.19. The van der Waals surface area contributed by atoms with Gasteiger partial charge in [0.15, 0.2) is 5.76 Å². The molecule has 2 aromatic heterocycles. The number of nitrogens with zero attached hydrogens (tertiary/aromatic N) is 2. The van der Waals surface area contributed by atoms with Gasteiger partial charge in [0.2, 0.25) is 5.89 Å². The van der Waals surface area contributed by atoms with Crippen molar-refractivity contribution in [1.29, 1.82) is 0 Å². The maximum atomic E-state index is 5.82. The second kappa shape index (κ2) is 5.63. The van der Waals surface area contributed by atoms with Gasteiger partial charge >= 0.3 is 0 Å². The van der Waals surface area contributed by atoms with Crippen LogP contribution in [0.5, 0.6) is 0 Å². The largest absolute Gasteiger partial charge is 0.438 e. The van der Waals surface area contributed by atoms with Crippen LogP contribution in [0.1, 0.15) is 42.9 Å². The van der Waals surface area contributed by atoms with Crippen molar-refractivity contribution < 1.29 is 4.42 Å². The molecule has 0 aliphatic carbocycles. The van der Waals surface area contributed by atoms with Crippen molar-refractivity contribution in [1.82, 2.24) is 15.3 Å². The Bertz CT molecular complexity index is 518. The Kier molecular flexibility index (Phi) is 4.14. The van der Waals surface area contributed by atoms with Crippen molar-refractivity contribution in [3.63, 3.8) is 0 Å². The lowest BCUT2D eigenvalue weighted by molar-refractivity contribution is 0.423. The first kappa shape index (κ1) is 13.2. The van der Waals surface area contributed by atoms with E-state index in [-0.39, 0.29) is 6.04 Å². The molecule has 5 heteroatoms. The molecular formula is C13H19N3OS. The van der Waals surface area contributed by atoms with Crippen LogP contribution in [0.25, 0.3) is 10.6 Å². The first-order chi connectivity index (χ1) is 8.61. The summed E-state index contributed by atoms with van der Waals surface area (Å²) in [7, 11) is 0. The van der Waals surface area contributed by atoms with Gasteiger partial charge in [-0.1, -0.05) is 6.92 Å². The van der Waals surface area contributed by atoms with E-state index in [1.807, 2.05) is 13.8 Å². The highest BCUT2D eigenvalue weighted by Crippen LogP contribution is 2.31. The maximum absolute atomic E-state index is 5.82. The van der Waals surface area contributed by atoms with Gasteiger partial charge in [-0.3, -0.25) is 0 Å². The van der Waals surface area contributed by atoms with E-state index >= 15 is 0 Å². The second-order valence-electron chi connectivity index (χ2n) is 4.39. The fraction of sp³-hybridized carbons (Fsp3) is 0.538. The number of aryl methyl sites for hydroxylation is 2. The summed E-state index contributed by atoms with van der Waals surface area (Å²) in [4.78, 5) is 9.83. The summed E-state index contributed by atoms with van der Waals surface area (Å²) in [6.45, 7) is 9.18. The summed E-state index contributed by atoms with van der Waals surface area (Å²) in [6, 6.07) is 0.146. The summed E-state index contributed by atoms with van der Waals surface area (Å²) in [5, 5.41) is 4.42. The minimum absolute atomic E-state index is 0.146. The Balaban J connectivity index is 2.17. The average molecular weight is 265 g/mol. The molecule has 0 fully saturated rings. The molecule has 4 nitrogen and oxygen atoms in total. The predicted octanol–water partition coefficient (Wildman–Crippen LogP) is 3.48. The SMILES string of the molecule is CCCNC(C)c1ncc(-c2sc(C)nc2C)o1. The molecule has 0 saturated heterocycles. The number of hydrogen-bond acceptors (Lipinski definition) is 5. The number of thiazole rings is 1. The Labute approximate surface area is 111 Å². The molecule has 18 heavy (non-hydrogen) atoms. The van der Waals surface area contributed by atoms with Crippen LogP contribution in [0.4, 0.5) is 0 Å². The second-order valence-corrected chi connectivity index (χ2v) is 5.59. The van der Waals surface area contributed by atoms with Gasteiger partial charge in [0, 0.05) is 0 Å². The third-order valence-electron chi connectivity index (χ3n) is 2.72. The molecule has 0 bridgehead atoms. The van der Waals surface area contributed by atoms with Crippen molar-refractivity contribution >= 4 is 11.3 Å². The molecule has 1 atom stereocenters. The zero-order valence-electron chi connectivity index (χ0n) is 11.3. The van der Waals surface area contributed by atoms with Crippen LogP contribution in [0.3, 0.4) is 0 Å². The van der Waals surface area contributed by atoms with Gasteiger partial charge in [-0.25, -0.2) is 9.97 Å². The van der Waals surface area contributed by atoms with Crippen LogP contribution in [0.15, 0.2) is 10.6 Å². The van der Waals surface area contributed by atoms with Gasteiger partial charge in [-0.15, -0.1) is 11.3 Å². The summed E-state index contributed by atoms with van der Waals surface area (Å²) in [5.74, 6) is 1.56. The zero-order valence-corrected chi connectivity index (χ0v) is 12.1. The van der Waals surface area contributed by atoms with Crippen LogP contribution in [-0.4, -0.2) is 16.5 Å². The monoisotopic (exact) mass is 265 g/mol. The highest BCUT2D eigenvalue weighted by Gasteiger charge is 2.15. The summed E-state index contributed by atoms with van der Waals surface area (Å²) >= 11 is 1.65. The molecule has 2 aromatic rings. The van der Waals surface area contributed by atoms with Crippen LogP contribution in [0, 0.1) is 13.8 Å². The van der Waals surface area contributed by atoms with Crippen LogP contribution in [0.2, 0.25) is 0 Å². The molecule has 0 aliphatic rings. The standard InChI is InChI=1S/C13H19N3OS/c1-5-6-14-9(3)13-15-7-11(17-13)12-8(2)16-10(4)18-12/h7,9,14H,5-6H2,1-4H3. The fourth-order valence-corrected chi connectivity index (χ4v) is 2.67. The van der Waals surface area contributed by atoms with Gasteiger partial charge in [0.05, 0.1) is 27.8 Å². The topological polar surface area (TPSA) is 51.0 Å². The van der Waals surface area contributed by atoms with E-state index in [2.05, 4.69) is 29.1 Å². The Hall–Kier alpha value is -1.20. The Morgan fingerprint density at radius 1 is 1.44 bits per heavy atom. The van der Waals surface area contributed by atoms with Crippen LogP contribution in [-0.2, 0) is 0 Å². The van der Waals surface area contributed by atoms with Crippen LogP contribution >= 0.6 is 11.3 Å². The molecule has 0 radical (unpaired) electrons. The molecule has 1 unspecified atom stereocenters. The van der Waals surface area contributed by atoms with Crippen molar-refractivity contribution in [2.75, 3.05) is 6.54 Å². The van der Waals surface area contributed by atoms with E-state index < -0.39 is 0 Å². The van der Waals surface area contributed by atoms with Gasteiger partial charge in [0.25, 0.3) is 0 Å². The smallest absolute Gasteiger partial charge is 0.211 e. The number of rotatable bonds is 5. The van der Waals surface area contributed by atoms with Gasteiger partial charge in [-0.05, 0) is 33.7 Å². The predicted molar refractivity (Wildman–Crippen MR) is 73.8 cm³/mol. The minimum atomic E-state index is 0.146. The van der Waals surface area contributed by atoms with Crippen molar-refractivity contribution in [2.24, 2.45) is 0 Å². The molecule has 0 amide bonds. The molecule has 2 heterocycles. The van der Waals surface area contributed by atoms with Gasteiger partial charge in [0.1, 0.15) is 0 Å². The Morgan fingerprint density at radius 2 is 2.22 bits per heavy atom. The zero-order chi connectivity index (χ0) is 13.1. The van der Waals surface area contributed by atoms with E-state index in [0.717, 1.165) is 40.2 Å². The first-order valence-electron chi connectivity index (χ1n) is 6.25. The molecule has 0 aromatic carbocycles. The molecule has 0 aliphatic heterocycles. The van der Waals surface area contributed by atoms with Crippen molar-refractivity contribution in [2.45, 2.75) is 40.2 Å². The van der Waals surface area contributed by atoms with Crippen molar-refractivity contribution in [3.8, 4) is 10.6 Å². The third kappa shape index (κ3) is 2.79. The minimum Gasteiger partial charge on any atom is -0.438 e. The van der Waals surface area contributed by atoms with E-state index in [1.54, 1.807) is 17.5 Å². The first-order valence-corrected chi connectivity index (χ1v) is 7.07. The maximum Gasteiger partial charge on any atom is 0.211 e. The van der Waals surface area contributed by atoms with E-state index in [0.29, 0.717) is 0 Å². The molecule has 98 valence electrons. The quantitative estimate of drug-likeness (QED) is 0.899. The molecular weight excluding hydrogens is 246 g/mol. The summed E-state index contributed by atoms with van der Waals surface area (Å²) in [5.41, 5.74) is 1.01. The number of aromatic nitrogens is 2. The number of nitrogens with one attached hydrogen (secondary N) is 1. The lowest BCUT2D eigenvalue weighted by atomic mass is 10.3. The molecule has 2 rings (SSSR count). The highest BCUT2D eigenvalue weighted by molar-refractivity contribution is 7.15. The van der Waals surface area contributed by atoms with E-state index in [9.17, 15) is 0 Å². The molecule has 0 spiro atoms. The van der Waals surface area contributed by atoms with E-state index in [4.69, 9.17) is 4.42 Å². The van der Waals surface area contributed by atoms with Crippen LogP contribution < -0.4 is 5.32 Å². The lowest BCUT2D eigenvalue weighted by Gasteiger charge is -2.08. The normalized spacial score (nSPS) is 12.9. The molecule has 1 N–H and O–H groups in total. The highest BCUT2D eigenvalue weighted by atomic mass is 32.1. The average Bonchev–Trinajstić information content (AvgIpc) is 2.92. The fourth-order valence-electron chi connectivity index (χ4n) is 1.80. The number of oxazole rings is 1. The Morgan fingerprint density at radius 3 is 2.83 bits per heavy atom. The summed E-state index contributed by atoms with van der Waals surface area (Å²) in [6.07, 6.45) is 2.89. The molecule has 0 saturated carbocycles. The number of hydrogen-bond donors (Lipinski definition) is 1. The van der Waals surface area contributed by atoms with Gasteiger partial charge in [-0.2, -0.15) is 0 Å². The van der Waals surface area contributed by atoms with Crippen molar-refractivity contribution in [3.05, 3.63) is 22.8 Å². The van der Waals surface area contributed by atoms with E-state index in [1.165, 1.54) is 0 Å².